The van der Waals surface area contributed by atoms with Crippen LogP contribution in [0.4, 0.5) is 0 Å². The van der Waals surface area contributed by atoms with E-state index in [4.69, 9.17) is 35.0 Å². The zero-order chi connectivity index (χ0) is 30.2. The van der Waals surface area contributed by atoms with Crippen LogP contribution in [0.5, 0.6) is 17.2 Å². The van der Waals surface area contributed by atoms with Gasteiger partial charge in [-0.05, 0) is 38.5 Å². The van der Waals surface area contributed by atoms with Crippen LogP contribution in [0, 0.1) is 5.92 Å². The lowest BCUT2D eigenvalue weighted by Gasteiger charge is -2.46. The number of aliphatic hydroxyl groups is 1. The summed E-state index contributed by atoms with van der Waals surface area (Å²) in [5.74, 6) is -2.92. The zero-order valence-corrected chi connectivity index (χ0v) is 24.0. The fourth-order valence-corrected chi connectivity index (χ4v) is 6.39. The van der Waals surface area contributed by atoms with Crippen molar-refractivity contribution in [3.8, 4) is 17.2 Å². The van der Waals surface area contributed by atoms with E-state index in [2.05, 4.69) is 4.99 Å². The summed E-state index contributed by atoms with van der Waals surface area (Å²) < 4.78 is 28.1. The van der Waals surface area contributed by atoms with Gasteiger partial charge >= 0.3 is 0 Å². The number of rotatable bonds is 3. The molecule has 0 bridgehead atoms. The van der Waals surface area contributed by atoms with E-state index in [1.807, 2.05) is 0 Å². The first-order valence-corrected chi connectivity index (χ1v) is 13.4. The van der Waals surface area contributed by atoms with E-state index < -0.39 is 40.4 Å². The fourth-order valence-electron chi connectivity index (χ4n) is 6.17. The van der Waals surface area contributed by atoms with Crippen LogP contribution in [0.2, 0.25) is 5.02 Å². The molecular formula is C30H26ClNO10. The summed E-state index contributed by atoms with van der Waals surface area (Å²) in [4.78, 5) is 46.0. The Morgan fingerprint density at radius 2 is 1.93 bits per heavy atom. The molecule has 12 heteroatoms. The molecule has 3 aliphatic rings. The number of halogens is 1. The summed E-state index contributed by atoms with van der Waals surface area (Å²) >= 11 is 6.26. The fraction of sp³-hybridized carbons (Fsp3) is 0.333. The van der Waals surface area contributed by atoms with Gasteiger partial charge in [0.05, 0.1) is 36.7 Å². The number of aromatic hydroxyl groups is 1. The van der Waals surface area contributed by atoms with Crippen molar-refractivity contribution in [3.05, 3.63) is 61.4 Å². The average molecular weight is 596 g/mol. The maximum Gasteiger partial charge on any atom is 0.204 e. The van der Waals surface area contributed by atoms with Gasteiger partial charge in [0, 0.05) is 34.9 Å². The van der Waals surface area contributed by atoms with E-state index in [-0.39, 0.29) is 73.9 Å². The van der Waals surface area contributed by atoms with Crippen molar-refractivity contribution in [1.29, 1.82) is 0 Å². The summed E-state index contributed by atoms with van der Waals surface area (Å²) in [5.41, 5.74) is -3.04. The molecule has 0 amide bonds. The second-order valence-electron chi connectivity index (χ2n) is 10.4. The molecule has 0 spiro atoms. The highest BCUT2D eigenvalue weighted by Gasteiger charge is 2.61. The minimum absolute atomic E-state index is 0.00903. The normalized spacial score (nSPS) is 24.1. The molecule has 2 aromatic carbocycles. The van der Waals surface area contributed by atoms with Crippen LogP contribution >= 0.6 is 11.6 Å². The Balaban J connectivity index is 1.67. The number of ketones is 2. The molecule has 0 radical (unpaired) electrons. The number of phenolic OH excluding ortho intramolecular Hbond substituents is 1. The lowest BCUT2D eigenvalue weighted by atomic mass is 9.60. The summed E-state index contributed by atoms with van der Waals surface area (Å²) in [7, 11) is 2.83. The Hall–Kier alpha value is -4.19. The molecule has 1 aliphatic heterocycles. The van der Waals surface area contributed by atoms with Crippen molar-refractivity contribution in [2.24, 2.45) is 10.9 Å². The van der Waals surface area contributed by atoms with Gasteiger partial charge in [-0.3, -0.25) is 14.4 Å². The number of carbonyl (C=O) groups excluding carboxylic acids is 2. The molecule has 0 fully saturated rings. The number of nitrogens with zero attached hydrogens (tertiary/aromatic N) is 1. The molecule has 42 heavy (non-hydrogen) atoms. The van der Waals surface area contributed by atoms with Gasteiger partial charge in [-0.2, -0.15) is 0 Å². The molecule has 2 aliphatic carbocycles. The largest absolute Gasteiger partial charge is 0.507 e. The van der Waals surface area contributed by atoms with Gasteiger partial charge in [0.15, 0.2) is 52.5 Å². The van der Waals surface area contributed by atoms with Crippen LogP contribution in [0.3, 0.4) is 0 Å². The van der Waals surface area contributed by atoms with Gasteiger partial charge in [-0.25, -0.2) is 4.99 Å². The van der Waals surface area contributed by atoms with Crippen molar-refractivity contribution in [1.82, 2.24) is 0 Å². The van der Waals surface area contributed by atoms with E-state index in [1.165, 1.54) is 39.4 Å². The van der Waals surface area contributed by atoms with E-state index in [0.29, 0.717) is 11.6 Å². The molecule has 2 N–H and O–H groups in total. The molecule has 1 aromatic heterocycles. The number of allylic oxidation sites excluding steroid dienone is 3. The first-order chi connectivity index (χ1) is 19.9. The first-order valence-electron chi connectivity index (χ1n) is 13.0. The number of Topliss-reactive ketones (excluding diaryl/α,β-unsaturated/α-hetero) is 2. The van der Waals surface area contributed by atoms with Crippen LogP contribution < -0.4 is 14.9 Å². The number of methoxy groups -OCH3 is 2. The van der Waals surface area contributed by atoms with E-state index in [9.17, 15) is 24.6 Å². The maximum absolute atomic E-state index is 14.0. The van der Waals surface area contributed by atoms with Crippen molar-refractivity contribution < 1.29 is 43.2 Å². The number of benzene rings is 2. The SMILES string of the molecule is COC(C)=N/C(C)=C\C1=C(C)C(=O)C2(O)c3c4c(c5oc6c(OC)c(Cl)ccc6c(=O)c5c3O)OCOC4CC2C1=O. The van der Waals surface area contributed by atoms with Crippen molar-refractivity contribution >= 4 is 51.0 Å². The predicted octanol–water partition coefficient (Wildman–Crippen LogP) is 4.37. The molecule has 11 nitrogen and oxygen atoms in total. The molecule has 3 atom stereocenters. The highest BCUT2D eigenvalue weighted by Crippen LogP contribution is 2.59. The zero-order valence-electron chi connectivity index (χ0n) is 23.3. The molecule has 6 rings (SSSR count). The number of phenols is 1. The number of hydrogen-bond donors (Lipinski definition) is 2. The lowest BCUT2D eigenvalue weighted by Crippen LogP contribution is -2.54. The predicted molar refractivity (Wildman–Crippen MR) is 151 cm³/mol. The summed E-state index contributed by atoms with van der Waals surface area (Å²) in [5, 5.41) is 23.8. The van der Waals surface area contributed by atoms with Crippen molar-refractivity contribution in [2.75, 3.05) is 21.0 Å². The number of carbonyl (C=O) groups is 2. The maximum atomic E-state index is 14.0. The Bertz CT molecular complexity index is 1900. The van der Waals surface area contributed by atoms with Crippen LogP contribution in [0.25, 0.3) is 21.9 Å². The third kappa shape index (κ3) is 3.67. The first kappa shape index (κ1) is 28.0. The monoisotopic (exact) mass is 595 g/mol. The van der Waals surface area contributed by atoms with Gasteiger partial charge in [0.25, 0.3) is 0 Å². The van der Waals surface area contributed by atoms with Crippen LogP contribution in [-0.2, 0) is 24.7 Å². The number of fused-ring (bicyclic) bond motifs is 5. The third-order valence-corrected chi connectivity index (χ3v) is 8.45. The Kier molecular flexibility index (Phi) is 6.45. The second kappa shape index (κ2) is 9.69. The number of hydrogen-bond acceptors (Lipinski definition) is 11. The van der Waals surface area contributed by atoms with Gasteiger partial charge < -0.3 is 33.6 Å². The second-order valence-corrected chi connectivity index (χ2v) is 10.8. The highest BCUT2D eigenvalue weighted by atomic mass is 35.5. The van der Waals surface area contributed by atoms with Gasteiger partial charge in [0.2, 0.25) is 5.43 Å². The summed E-state index contributed by atoms with van der Waals surface area (Å²) in [6.45, 7) is 4.43. The van der Waals surface area contributed by atoms with Crippen LogP contribution in [0.15, 0.2) is 49.3 Å². The average Bonchev–Trinajstić information content (AvgIpc) is 2.96. The molecule has 218 valence electrons. The third-order valence-electron chi connectivity index (χ3n) is 8.15. The summed E-state index contributed by atoms with van der Waals surface area (Å²) in [6, 6.07) is 2.86. The molecule has 3 aromatic rings. The van der Waals surface area contributed by atoms with E-state index in [1.54, 1.807) is 13.8 Å². The minimum Gasteiger partial charge on any atom is -0.507 e. The van der Waals surface area contributed by atoms with Crippen molar-refractivity contribution in [2.45, 2.75) is 38.9 Å². The van der Waals surface area contributed by atoms with Crippen LogP contribution in [0.1, 0.15) is 44.4 Å². The van der Waals surface area contributed by atoms with Crippen LogP contribution in [-0.4, -0.2) is 48.7 Å². The topological polar surface area (TPSA) is 154 Å². The Labute approximate surface area is 243 Å². The van der Waals surface area contributed by atoms with Gasteiger partial charge in [0.1, 0.15) is 11.1 Å². The number of aliphatic imine (C=N–C) groups is 1. The molecule has 0 saturated heterocycles. The number of ether oxygens (including phenoxy) is 4. The molecule has 2 heterocycles. The van der Waals surface area contributed by atoms with Crippen molar-refractivity contribution in [3.63, 3.8) is 0 Å². The summed E-state index contributed by atoms with van der Waals surface area (Å²) in [6.07, 6.45) is 0.483. The Morgan fingerprint density at radius 1 is 1.19 bits per heavy atom. The van der Waals surface area contributed by atoms with Gasteiger partial charge in [-0.1, -0.05) is 11.6 Å². The van der Waals surface area contributed by atoms with E-state index in [0.717, 1.165) is 0 Å². The Morgan fingerprint density at radius 3 is 2.62 bits per heavy atom. The minimum atomic E-state index is -2.51. The molecular weight excluding hydrogens is 570 g/mol. The quantitative estimate of drug-likeness (QED) is 0.253. The smallest absolute Gasteiger partial charge is 0.204 e. The molecule has 0 saturated carbocycles. The standard InChI is InChI=1S/C30H26ClNO10/c1-11(32-13(3)38-4)8-15-12(2)29(36)30(37)16(22(15)33)9-18-19-21(30)24(35)20-23(34)14-6-7-17(31)26(39-5)25(14)42-28(20)27(19)41-10-40-18/h6-8,16,18,35,37H,9-10H2,1-5H3/b11-8-,32-13?. The van der Waals surface area contributed by atoms with E-state index >= 15 is 0 Å². The lowest BCUT2D eigenvalue weighted by molar-refractivity contribution is -0.160. The van der Waals surface area contributed by atoms with Gasteiger partial charge in [-0.15, -0.1) is 0 Å². The highest BCUT2D eigenvalue weighted by molar-refractivity contribution is 6.33. The molecule has 3 unspecified atom stereocenters.